The van der Waals surface area contributed by atoms with Crippen molar-refractivity contribution in [3.8, 4) is 0 Å². The highest BCUT2D eigenvalue weighted by atomic mass is 16.1. The number of rotatable bonds is 0. The molecule has 4 rings (SSSR count). The summed E-state index contributed by atoms with van der Waals surface area (Å²) in [5, 5.41) is 3.10. The molecule has 1 aliphatic carbocycles. The second kappa shape index (κ2) is 4.08. The highest BCUT2D eigenvalue weighted by Gasteiger charge is 2.54. The maximum atomic E-state index is 12.1. The first-order valence-corrected chi connectivity index (χ1v) is 7.67. The third-order valence-corrected chi connectivity index (χ3v) is 5.88. The Labute approximate surface area is 120 Å². The van der Waals surface area contributed by atoms with E-state index in [2.05, 4.69) is 42.4 Å². The van der Waals surface area contributed by atoms with Crippen LogP contribution < -0.4 is 5.32 Å². The number of hydrogen-bond acceptors (Lipinski definition) is 2. The summed E-state index contributed by atoms with van der Waals surface area (Å²) in [6.45, 7) is 4.12. The lowest BCUT2D eigenvalue weighted by Gasteiger charge is -2.58. The smallest absolute Gasteiger partial charge is 0.220 e. The Hall–Kier alpha value is -1.35. The zero-order chi connectivity index (χ0) is 13.9. The Balaban J connectivity index is 1.92. The van der Waals surface area contributed by atoms with Gasteiger partial charge in [0.2, 0.25) is 5.91 Å². The van der Waals surface area contributed by atoms with Crippen molar-refractivity contribution in [1.29, 1.82) is 0 Å². The molecule has 2 heterocycles. The van der Waals surface area contributed by atoms with Crippen LogP contribution in [0.5, 0.6) is 0 Å². The summed E-state index contributed by atoms with van der Waals surface area (Å²) in [4.78, 5) is 14.6. The molecule has 0 unspecified atom stereocenters. The van der Waals surface area contributed by atoms with Gasteiger partial charge >= 0.3 is 0 Å². The Kier molecular flexibility index (Phi) is 2.53. The molecule has 106 valence electrons. The van der Waals surface area contributed by atoms with Gasteiger partial charge in [0.15, 0.2) is 0 Å². The summed E-state index contributed by atoms with van der Waals surface area (Å²) in [6, 6.07) is 7.44. The van der Waals surface area contributed by atoms with Gasteiger partial charge in [-0.1, -0.05) is 23.8 Å². The normalized spacial score (nSPS) is 36.0. The van der Waals surface area contributed by atoms with Crippen molar-refractivity contribution in [3.05, 3.63) is 34.9 Å². The summed E-state index contributed by atoms with van der Waals surface area (Å²) in [6.07, 6.45) is 2.93. The van der Waals surface area contributed by atoms with Gasteiger partial charge < -0.3 is 10.2 Å². The maximum Gasteiger partial charge on any atom is 0.220 e. The van der Waals surface area contributed by atoms with Gasteiger partial charge in [0, 0.05) is 30.3 Å². The topological polar surface area (TPSA) is 32.3 Å². The van der Waals surface area contributed by atoms with Gasteiger partial charge in [-0.25, -0.2) is 0 Å². The van der Waals surface area contributed by atoms with Crippen molar-refractivity contribution >= 4 is 5.91 Å². The molecular weight excluding hydrogens is 248 g/mol. The largest absolute Gasteiger partial charge is 0.356 e. The number of nitrogens with one attached hydrogen (secondary N) is 1. The number of carbonyl (C=O) groups is 1. The molecule has 0 spiro atoms. The highest BCUT2D eigenvalue weighted by molar-refractivity contribution is 5.79. The number of likely N-dealkylation sites (tertiary alicyclic amines) is 1. The van der Waals surface area contributed by atoms with Crippen molar-refractivity contribution in [2.24, 2.45) is 5.92 Å². The molecule has 1 aromatic carbocycles. The third kappa shape index (κ3) is 1.53. The SMILES string of the molecule is Cc1ccc2c(c1)[C@]13CCN(C)[C@H](C2)[C@@H]1CNC(=O)C3. The molecule has 3 aliphatic rings. The lowest BCUT2D eigenvalue weighted by Crippen LogP contribution is -2.65. The number of nitrogens with zero attached hydrogens (tertiary/aromatic N) is 1. The van der Waals surface area contributed by atoms with Crippen LogP contribution in [0.2, 0.25) is 0 Å². The summed E-state index contributed by atoms with van der Waals surface area (Å²) < 4.78 is 0. The zero-order valence-corrected chi connectivity index (χ0v) is 12.3. The van der Waals surface area contributed by atoms with Gasteiger partial charge in [-0.15, -0.1) is 0 Å². The van der Waals surface area contributed by atoms with Crippen LogP contribution in [0.4, 0.5) is 0 Å². The predicted molar refractivity (Wildman–Crippen MR) is 78.7 cm³/mol. The number of likely N-dealkylation sites (N-methyl/N-ethyl adjacent to an activating group) is 1. The lowest BCUT2D eigenvalue weighted by atomic mass is 9.54. The molecule has 3 heteroatoms. The lowest BCUT2D eigenvalue weighted by molar-refractivity contribution is -0.128. The molecule has 0 saturated carbocycles. The van der Waals surface area contributed by atoms with Gasteiger partial charge in [-0.3, -0.25) is 4.79 Å². The van der Waals surface area contributed by atoms with E-state index >= 15 is 0 Å². The first-order valence-electron chi connectivity index (χ1n) is 7.67. The second-order valence-corrected chi connectivity index (χ2v) is 6.91. The van der Waals surface area contributed by atoms with Crippen LogP contribution in [0.25, 0.3) is 0 Å². The minimum Gasteiger partial charge on any atom is -0.356 e. The molecule has 1 aromatic rings. The van der Waals surface area contributed by atoms with Crippen molar-refractivity contribution in [2.75, 3.05) is 20.1 Å². The van der Waals surface area contributed by atoms with Gasteiger partial charge in [0.25, 0.3) is 0 Å². The molecule has 2 bridgehead atoms. The minimum atomic E-state index is 0.0963. The average molecular weight is 270 g/mol. The number of carbonyl (C=O) groups excluding carboxylic acids is 1. The Bertz CT molecular complexity index is 582. The summed E-state index contributed by atoms with van der Waals surface area (Å²) in [7, 11) is 2.24. The van der Waals surface area contributed by atoms with E-state index in [0.29, 0.717) is 18.4 Å². The van der Waals surface area contributed by atoms with Gasteiger partial charge in [-0.2, -0.15) is 0 Å². The molecule has 3 atom stereocenters. The second-order valence-electron chi connectivity index (χ2n) is 6.91. The molecule has 1 N–H and O–H groups in total. The molecule has 2 fully saturated rings. The van der Waals surface area contributed by atoms with Crippen molar-refractivity contribution < 1.29 is 4.79 Å². The fraction of sp³-hybridized carbons (Fsp3) is 0.588. The van der Waals surface area contributed by atoms with E-state index in [-0.39, 0.29) is 11.3 Å². The van der Waals surface area contributed by atoms with Crippen molar-refractivity contribution in [3.63, 3.8) is 0 Å². The van der Waals surface area contributed by atoms with Crippen LogP contribution in [0, 0.1) is 12.8 Å². The van der Waals surface area contributed by atoms with E-state index < -0.39 is 0 Å². The highest BCUT2D eigenvalue weighted by Crippen LogP contribution is 2.51. The first kappa shape index (κ1) is 12.4. The van der Waals surface area contributed by atoms with E-state index in [9.17, 15) is 4.79 Å². The summed E-state index contributed by atoms with van der Waals surface area (Å²) in [5.74, 6) is 0.812. The zero-order valence-electron chi connectivity index (χ0n) is 12.3. The number of hydrogen-bond donors (Lipinski definition) is 1. The van der Waals surface area contributed by atoms with Gasteiger partial charge in [0.05, 0.1) is 0 Å². The summed E-state index contributed by atoms with van der Waals surface area (Å²) >= 11 is 0. The Morgan fingerprint density at radius 1 is 1.40 bits per heavy atom. The number of amides is 1. The molecule has 2 saturated heterocycles. The molecule has 0 aromatic heterocycles. The predicted octanol–water partition coefficient (Wildman–Crippen LogP) is 1.63. The van der Waals surface area contributed by atoms with Gasteiger partial charge in [-0.05, 0) is 44.5 Å². The van der Waals surface area contributed by atoms with E-state index in [1.165, 1.54) is 16.7 Å². The molecule has 20 heavy (non-hydrogen) atoms. The molecule has 1 amide bonds. The van der Waals surface area contributed by atoms with Crippen LogP contribution in [0.3, 0.4) is 0 Å². The van der Waals surface area contributed by atoms with Crippen LogP contribution in [0.1, 0.15) is 29.5 Å². The number of fused-ring (bicyclic) bond motifs is 1. The number of aryl methyl sites for hydroxylation is 1. The van der Waals surface area contributed by atoms with Crippen LogP contribution in [-0.2, 0) is 16.6 Å². The van der Waals surface area contributed by atoms with Crippen LogP contribution in [-0.4, -0.2) is 37.0 Å². The van der Waals surface area contributed by atoms with E-state index in [1.54, 1.807) is 0 Å². The minimum absolute atomic E-state index is 0.0963. The fourth-order valence-electron chi connectivity index (χ4n) is 4.81. The fourth-order valence-corrected chi connectivity index (χ4v) is 4.81. The van der Waals surface area contributed by atoms with Crippen molar-refractivity contribution in [1.82, 2.24) is 10.2 Å². The molecule has 0 radical (unpaired) electrons. The summed E-state index contributed by atoms with van der Waals surface area (Å²) in [5.41, 5.74) is 4.36. The van der Waals surface area contributed by atoms with Crippen molar-refractivity contribution in [2.45, 2.75) is 37.6 Å². The van der Waals surface area contributed by atoms with E-state index in [4.69, 9.17) is 0 Å². The monoisotopic (exact) mass is 270 g/mol. The van der Waals surface area contributed by atoms with Crippen LogP contribution in [0.15, 0.2) is 18.2 Å². The van der Waals surface area contributed by atoms with E-state index in [0.717, 1.165) is 25.9 Å². The molecule has 2 aliphatic heterocycles. The maximum absolute atomic E-state index is 12.1. The third-order valence-electron chi connectivity index (χ3n) is 5.88. The average Bonchev–Trinajstić information content (AvgIpc) is 2.43. The Morgan fingerprint density at radius 3 is 3.10 bits per heavy atom. The number of piperidine rings is 2. The molecular formula is C17H22N2O. The van der Waals surface area contributed by atoms with E-state index in [1.807, 2.05) is 0 Å². The molecule has 3 nitrogen and oxygen atoms in total. The Morgan fingerprint density at radius 2 is 2.25 bits per heavy atom. The number of benzene rings is 1. The first-order chi connectivity index (χ1) is 9.60. The van der Waals surface area contributed by atoms with Crippen LogP contribution >= 0.6 is 0 Å². The van der Waals surface area contributed by atoms with Gasteiger partial charge in [0.1, 0.15) is 0 Å². The quantitative estimate of drug-likeness (QED) is 0.777. The standard InChI is InChI=1S/C17H22N2O/c1-11-3-4-12-8-15-14-10-18-16(20)9-17(14,13(12)7-11)5-6-19(15)2/h3-4,7,14-15H,5-6,8-10H2,1-2H3,(H,18,20)/t14-,15+,17+/m0/s1.